The van der Waals surface area contributed by atoms with Gasteiger partial charge in [-0.2, -0.15) is 0 Å². The average molecular weight is 385 g/mol. The van der Waals surface area contributed by atoms with E-state index in [2.05, 4.69) is 53.5 Å². The predicted molar refractivity (Wildman–Crippen MR) is 122 cm³/mol. The van der Waals surface area contributed by atoms with Gasteiger partial charge in [0.05, 0.1) is 6.26 Å². The van der Waals surface area contributed by atoms with E-state index in [9.17, 15) is 0 Å². The Balaban J connectivity index is 1.77. The van der Waals surface area contributed by atoms with Gasteiger partial charge in [0.1, 0.15) is 16.7 Å². The van der Waals surface area contributed by atoms with Crippen molar-refractivity contribution in [2.75, 3.05) is 0 Å². The standard InChI is InChI=1S/C27H15NO2/c1-2-6-24-19(5-1)21-8-7-20-22(17-4-3-10-28-15-17)13-18-14-25-16(9-11-29-25)12-23(18)26(20)27(21)30-24/h1-15H. The smallest absolute Gasteiger partial charge is 0.143 e. The Bertz CT molecular complexity index is 1730. The van der Waals surface area contributed by atoms with Gasteiger partial charge in [-0.3, -0.25) is 4.98 Å². The van der Waals surface area contributed by atoms with Crippen LogP contribution in [0.5, 0.6) is 0 Å². The summed E-state index contributed by atoms with van der Waals surface area (Å²) in [6.07, 6.45) is 5.45. The minimum atomic E-state index is 0.885. The number of fused-ring (bicyclic) bond motifs is 8. The summed E-state index contributed by atoms with van der Waals surface area (Å²) in [5.41, 5.74) is 4.94. The van der Waals surface area contributed by atoms with Crippen LogP contribution < -0.4 is 0 Å². The van der Waals surface area contributed by atoms with Crippen LogP contribution in [-0.4, -0.2) is 4.98 Å². The monoisotopic (exact) mass is 385 g/mol. The molecular weight excluding hydrogens is 370 g/mol. The van der Waals surface area contributed by atoms with Crippen molar-refractivity contribution in [2.45, 2.75) is 0 Å². The van der Waals surface area contributed by atoms with Gasteiger partial charge in [0.25, 0.3) is 0 Å². The highest BCUT2D eigenvalue weighted by molar-refractivity contribution is 6.27. The molecule has 30 heavy (non-hydrogen) atoms. The molecule has 7 aromatic rings. The van der Waals surface area contributed by atoms with Crippen LogP contribution in [-0.2, 0) is 0 Å². The zero-order chi connectivity index (χ0) is 19.7. The summed E-state index contributed by atoms with van der Waals surface area (Å²) in [6.45, 7) is 0. The van der Waals surface area contributed by atoms with Crippen LogP contribution in [0.25, 0.3) is 65.6 Å². The maximum absolute atomic E-state index is 6.42. The van der Waals surface area contributed by atoms with Crippen LogP contribution in [0.1, 0.15) is 0 Å². The van der Waals surface area contributed by atoms with Crippen LogP contribution in [0.2, 0.25) is 0 Å². The molecule has 3 heteroatoms. The lowest BCUT2D eigenvalue weighted by atomic mass is 9.92. The quantitative estimate of drug-likeness (QED) is 0.272. The molecule has 0 unspecified atom stereocenters. The van der Waals surface area contributed by atoms with Gasteiger partial charge < -0.3 is 8.83 Å². The summed E-state index contributed by atoms with van der Waals surface area (Å²) >= 11 is 0. The van der Waals surface area contributed by atoms with Crippen molar-refractivity contribution < 1.29 is 8.83 Å². The summed E-state index contributed by atoms with van der Waals surface area (Å²) in [5, 5.41) is 7.93. The second kappa shape index (κ2) is 5.71. The minimum Gasteiger partial charge on any atom is -0.464 e. The summed E-state index contributed by atoms with van der Waals surface area (Å²) in [4.78, 5) is 4.34. The number of nitrogens with zero attached hydrogens (tertiary/aromatic N) is 1. The minimum absolute atomic E-state index is 0.885. The SMILES string of the molecule is c1cncc(-c2cc3cc4occc4cc3c3c2ccc2c4ccccc4oc23)c1. The molecule has 3 heterocycles. The first-order valence-electron chi connectivity index (χ1n) is 9.95. The molecule has 0 atom stereocenters. The van der Waals surface area contributed by atoms with Gasteiger partial charge in [0.2, 0.25) is 0 Å². The molecular formula is C27H15NO2. The van der Waals surface area contributed by atoms with Gasteiger partial charge in [-0.1, -0.05) is 30.3 Å². The third-order valence-corrected chi connectivity index (χ3v) is 6.00. The molecule has 0 aliphatic rings. The van der Waals surface area contributed by atoms with Crippen molar-refractivity contribution in [3.8, 4) is 11.1 Å². The highest BCUT2D eigenvalue weighted by Crippen LogP contribution is 2.42. The summed E-state index contributed by atoms with van der Waals surface area (Å²) in [5.74, 6) is 0. The fourth-order valence-corrected chi connectivity index (χ4v) is 4.64. The Hall–Kier alpha value is -4.11. The second-order valence-corrected chi connectivity index (χ2v) is 7.66. The molecule has 0 bridgehead atoms. The van der Waals surface area contributed by atoms with E-state index in [0.717, 1.165) is 65.6 Å². The van der Waals surface area contributed by atoms with Crippen LogP contribution in [0.15, 0.2) is 100 Å². The Morgan fingerprint density at radius 1 is 0.667 bits per heavy atom. The van der Waals surface area contributed by atoms with E-state index in [1.165, 1.54) is 0 Å². The van der Waals surface area contributed by atoms with Crippen molar-refractivity contribution in [1.29, 1.82) is 0 Å². The molecule has 140 valence electrons. The van der Waals surface area contributed by atoms with E-state index in [1.807, 2.05) is 30.5 Å². The lowest BCUT2D eigenvalue weighted by Gasteiger charge is -2.11. The van der Waals surface area contributed by atoms with Gasteiger partial charge in [0, 0.05) is 39.5 Å². The Labute approximate surface area is 171 Å². The lowest BCUT2D eigenvalue weighted by Crippen LogP contribution is -1.86. The van der Waals surface area contributed by atoms with Crippen LogP contribution in [0, 0.1) is 0 Å². The van der Waals surface area contributed by atoms with E-state index in [1.54, 1.807) is 12.5 Å². The zero-order valence-corrected chi connectivity index (χ0v) is 15.9. The number of para-hydroxylation sites is 1. The van der Waals surface area contributed by atoms with Gasteiger partial charge in [0.15, 0.2) is 0 Å². The van der Waals surface area contributed by atoms with Crippen molar-refractivity contribution in [1.82, 2.24) is 4.98 Å². The number of aromatic nitrogens is 1. The lowest BCUT2D eigenvalue weighted by molar-refractivity contribution is 0.616. The summed E-state index contributed by atoms with van der Waals surface area (Å²) in [7, 11) is 0. The van der Waals surface area contributed by atoms with E-state index in [-0.39, 0.29) is 0 Å². The molecule has 0 saturated heterocycles. The number of hydrogen-bond acceptors (Lipinski definition) is 3. The maximum atomic E-state index is 6.42. The first kappa shape index (κ1) is 15.8. The molecule has 0 aliphatic heterocycles. The fraction of sp³-hybridized carbons (Fsp3) is 0. The van der Waals surface area contributed by atoms with E-state index in [4.69, 9.17) is 8.83 Å². The van der Waals surface area contributed by atoms with Gasteiger partial charge in [-0.25, -0.2) is 0 Å². The van der Waals surface area contributed by atoms with E-state index < -0.39 is 0 Å². The second-order valence-electron chi connectivity index (χ2n) is 7.66. The summed E-state index contributed by atoms with van der Waals surface area (Å²) in [6, 6.07) is 25.2. The topological polar surface area (TPSA) is 39.2 Å². The van der Waals surface area contributed by atoms with Crippen molar-refractivity contribution >= 4 is 54.5 Å². The molecule has 4 aromatic carbocycles. The highest BCUT2D eigenvalue weighted by Gasteiger charge is 2.17. The normalized spacial score (nSPS) is 12.0. The molecule has 3 nitrogen and oxygen atoms in total. The Morgan fingerprint density at radius 2 is 1.60 bits per heavy atom. The van der Waals surface area contributed by atoms with Crippen molar-refractivity contribution in [2.24, 2.45) is 0 Å². The van der Waals surface area contributed by atoms with Crippen molar-refractivity contribution in [3.05, 3.63) is 91.5 Å². The Morgan fingerprint density at radius 3 is 2.53 bits per heavy atom. The van der Waals surface area contributed by atoms with Gasteiger partial charge in [-0.15, -0.1) is 0 Å². The summed E-state index contributed by atoms with van der Waals surface area (Å²) < 4.78 is 12.1. The maximum Gasteiger partial charge on any atom is 0.143 e. The first-order valence-corrected chi connectivity index (χ1v) is 9.95. The molecule has 7 rings (SSSR count). The number of rotatable bonds is 1. The predicted octanol–water partition coefficient (Wildman–Crippen LogP) is 7.70. The number of benzene rings is 4. The largest absolute Gasteiger partial charge is 0.464 e. The van der Waals surface area contributed by atoms with Crippen LogP contribution >= 0.6 is 0 Å². The molecule has 0 fully saturated rings. The van der Waals surface area contributed by atoms with Crippen LogP contribution in [0.3, 0.4) is 0 Å². The number of furan rings is 2. The third-order valence-electron chi connectivity index (χ3n) is 6.00. The fourth-order valence-electron chi connectivity index (χ4n) is 4.64. The van der Waals surface area contributed by atoms with E-state index >= 15 is 0 Å². The van der Waals surface area contributed by atoms with Crippen molar-refractivity contribution in [3.63, 3.8) is 0 Å². The zero-order valence-electron chi connectivity index (χ0n) is 15.9. The molecule has 3 aromatic heterocycles. The molecule has 0 radical (unpaired) electrons. The molecule has 0 aliphatic carbocycles. The van der Waals surface area contributed by atoms with Crippen LogP contribution in [0.4, 0.5) is 0 Å². The highest BCUT2D eigenvalue weighted by atomic mass is 16.3. The Kier molecular flexibility index (Phi) is 3.00. The number of hydrogen-bond donors (Lipinski definition) is 0. The first-order chi connectivity index (χ1) is 14.9. The van der Waals surface area contributed by atoms with Gasteiger partial charge >= 0.3 is 0 Å². The average Bonchev–Trinajstić information content (AvgIpc) is 3.41. The number of pyridine rings is 1. The molecule has 0 spiro atoms. The molecule has 0 amide bonds. The molecule has 0 saturated carbocycles. The van der Waals surface area contributed by atoms with Gasteiger partial charge in [-0.05, 0) is 64.2 Å². The molecule has 0 N–H and O–H groups in total. The van der Waals surface area contributed by atoms with E-state index in [0.29, 0.717) is 0 Å². The third kappa shape index (κ3) is 2.06.